The molecule has 2 aromatic rings. The molecule has 0 amide bonds. The van der Waals surface area contributed by atoms with Crippen LogP contribution in [0.2, 0.25) is 0 Å². The monoisotopic (exact) mass is 276 g/mol. The first-order valence-corrected chi connectivity index (χ1v) is 4.56. The maximum Gasteiger partial charge on any atom is 0.152 e. The highest BCUT2D eigenvalue weighted by atomic mass is 127. The Labute approximate surface area is 82.3 Å². The quantitative estimate of drug-likeness (QED) is 0.736. The van der Waals surface area contributed by atoms with Gasteiger partial charge in [-0.15, -0.1) is 0 Å². The number of benzene rings is 1. The third-order valence-corrected chi connectivity index (χ3v) is 2.39. The molecule has 2 nitrogen and oxygen atoms in total. The molecule has 0 saturated heterocycles. The molecule has 0 aliphatic rings. The van der Waals surface area contributed by atoms with E-state index < -0.39 is 0 Å². The van der Waals surface area contributed by atoms with Crippen LogP contribution in [0.25, 0.3) is 10.9 Å². The topological polar surface area (TPSA) is 28.7 Å². The Morgan fingerprint density at radius 3 is 3.00 bits per heavy atom. The molecule has 2 rings (SSSR count). The largest absolute Gasteiger partial charge is 0.282 e. The van der Waals surface area contributed by atoms with Gasteiger partial charge in [0, 0.05) is 14.7 Å². The van der Waals surface area contributed by atoms with Crippen LogP contribution < -0.4 is 0 Å². The van der Waals surface area contributed by atoms with Gasteiger partial charge < -0.3 is 0 Å². The molecule has 1 aromatic carbocycles. The second kappa shape index (κ2) is 2.69. The summed E-state index contributed by atoms with van der Waals surface area (Å²) >= 11 is 2.09. The van der Waals surface area contributed by atoms with E-state index in [1.807, 2.05) is 13.0 Å². The van der Waals surface area contributed by atoms with Gasteiger partial charge in [-0.25, -0.2) is 4.39 Å². The Balaban J connectivity index is 2.92. The van der Waals surface area contributed by atoms with E-state index in [4.69, 9.17) is 0 Å². The van der Waals surface area contributed by atoms with Crippen LogP contribution in [-0.4, -0.2) is 10.2 Å². The second-order valence-electron chi connectivity index (χ2n) is 2.63. The fraction of sp³-hybridized carbons (Fsp3) is 0.125. The number of H-pyrrole nitrogens is 1. The summed E-state index contributed by atoms with van der Waals surface area (Å²) in [6.07, 6.45) is 0. The average Bonchev–Trinajstić information content (AvgIpc) is 2.33. The van der Waals surface area contributed by atoms with Gasteiger partial charge >= 0.3 is 0 Å². The van der Waals surface area contributed by atoms with Crippen LogP contribution >= 0.6 is 22.6 Å². The van der Waals surface area contributed by atoms with Crippen LogP contribution in [0.3, 0.4) is 0 Å². The third-order valence-electron chi connectivity index (χ3n) is 1.77. The lowest BCUT2D eigenvalue weighted by Gasteiger charge is -1.93. The molecule has 0 radical (unpaired) electrons. The predicted octanol–water partition coefficient (Wildman–Crippen LogP) is 2.62. The van der Waals surface area contributed by atoms with Crippen molar-refractivity contribution in [2.45, 2.75) is 6.92 Å². The molecule has 0 atom stereocenters. The van der Waals surface area contributed by atoms with Crippen LogP contribution in [0.1, 0.15) is 5.69 Å². The van der Waals surface area contributed by atoms with Crippen LogP contribution in [0.4, 0.5) is 4.39 Å². The Bertz CT molecular complexity index is 436. The number of nitrogens with zero attached hydrogens (tertiary/aromatic N) is 1. The summed E-state index contributed by atoms with van der Waals surface area (Å²) in [5, 5.41) is 7.47. The van der Waals surface area contributed by atoms with Crippen molar-refractivity contribution in [2.75, 3.05) is 0 Å². The molecular weight excluding hydrogens is 270 g/mol. The van der Waals surface area contributed by atoms with E-state index in [2.05, 4.69) is 32.8 Å². The molecule has 0 bridgehead atoms. The molecule has 1 heterocycles. The zero-order chi connectivity index (χ0) is 8.72. The Morgan fingerprint density at radius 2 is 2.25 bits per heavy atom. The number of aryl methyl sites for hydroxylation is 1. The lowest BCUT2D eigenvalue weighted by Crippen LogP contribution is -1.80. The summed E-state index contributed by atoms with van der Waals surface area (Å²) in [7, 11) is 0. The lowest BCUT2D eigenvalue weighted by molar-refractivity contribution is 0.635. The van der Waals surface area contributed by atoms with Crippen LogP contribution in [0, 0.1) is 16.3 Å². The highest BCUT2D eigenvalue weighted by Gasteiger charge is 2.07. The number of hydrogen-bond acceptors (Lipinski definition) is 1. The van der Waals surface area contributed by atoms with Gasteiger partial charge in [-0.05, 0) is 41.6 Å². The van der Waals surface area contributed by atoms with E-state index in [1.165, 1.54) is 6.07 Å². The Morgan fingerprint density at radius 1 is 1.50 bits per heavy atom. The zero-order valence-corrected chi connectivity index (χ0v) is 8.52. The van der Waals surface area contributed by atoms with E-state index in [0.717, 1.165) is 14.7 Å². The normalized spacial score (nSPS) is 10.9. The van der Waals surface area contributed by atoms with Gasteiger partial charge in [-0.1, -0.05) is 0 Å². The van der Waals surface area contributed by atoms with Gasteiger partial charge in [0.2, 0.25) is 0 Å². The van der Waals surface area contributed by atoms with Crippen molar-refractivity contribution in [2.24, 2.45) is 0 Å². The molecule has 62 valence electrons. The predicted molar refractivity (Wildman–Crippen MR) is 53.5 cm³/mol. The van der Waals surface area contributed by atoms with Crippen molar-refractivity contribution >= 4 is 33.5 Å². The van der Waals surface area contributed by atoms with Crippen molar-refractivity contribution in [3.05, 3.63) is 27.2 Å². The van der Waals surface area contributed by atoms with Gasteiger partial charge in [0.1, 0.15) is 5.52 Å². The molecule has 12 heavy (non-hydrogen) atoms. The lowest BCUT2D eigenvalue weighted by atomic mass is 10.2. The SMILES string of the molecule is Cc1[nH]nc2c(F)cc(I)cc12. The molecule has 0 fully saturated rings. The third kappa shape index (κ3) is 1.10. The van der Waals surface area contributed by atoms with Gasteiger partial charge in [0.05, 0.1) is 0 Å². The first-order chi connectivity index (χ1) is 5.68. The summed E-state index contributed by atoms with van der Waals surface area (Å²) in [6, 6.07) is 3.39. The number of hydrogen-bond donors (Lipinski definition) is 1. The zero-order valence-electron chi connectivity index (χ0n) is 6.36. The van der Waals surface area contributed by atoms with Crippen molar-refractivity contribution in [3.8, 4) is 0 Å². The van der Waals surface area contributed by atoms with Crippen LogP contribution in [0.5, 0.6) is 0 Å². The first kappa shape index (κ1) is 7.97. The minimum atomic E-state index is -0.263. The summed E-state index contributed by atoms with van der Waals surface area (Å²) in [5.74, 6) is -0.263. The summed E-state index contributed by atoms with van der Waals surface area (Å²) in [4.78, 5) is 0. The van der Waals surface area contributed by atoms with Crippen molar-refractivity contribution < 1.29 is 4.39 Å². The van der Waals surface area contributed by atoms with Crippen LogP contribution in [-0.2, 0) is 0 Å². The van der Waals surface area contributed by atoms with Crippen LogP contribution in [0.15, 0.2) is 12.1 Å². The Kier molecular flexibility index (Phi) is 1.79. The highest BCUT2D eigenvalue weighted by molar-refractivity contribution is 14.1. The fourth-order valence-electron chi connectivity index (χ4n) is 1.17. The van der Waals surface area contributed by atoms with Gasteiger partial charge in [0.15, 0.2) is 5.82 Å². The van der Waals surface area contributed by atoms with E-state index in [0.29, 0.717) is 5.52 Å². The molecule has 4 heteroatoms. The molecule has 0 unspecified atom stereocenters. The Hall–Kier alpha value is -0.650. The standard InChI is InChI=1S/C8H6FIN2/c1-4-6-2-5(10)3-7(9)8(6)12-11-4/h2-3H,1H3,(H,11,12). The number of nitrogens with one attached hydrogen (secondary N) is 1. The molecule has 1 N–H and O–H groups in total. The number of halogens is 2. The molecule has 0 saturated carbocycles. The molecule has 0 aliphatic heterocycles. The second-order valence-corrected chi connectivity index (χ2v) is 3.88. The van der Waals surface area contributed by atoms with Crippen molar-refractivity contribution in [1.82, 2.24) is 10.2 Å². The number of aromatic nitrogens is 2. The number of fused-ring (bicyclic) bond motifs is 1. The first-order valence-electron chi connectivity index (χ1n) is 3.48. The number of rotatable bonds is 0. The maximum atomic E-state index is 13.2. The van der Waals surface area contributed by atoms with E-state index in [1.54, 1.807) is 0 Å². The minimum absolute atomic E-state index is 0.263. The highest BCUT2D eigenvalue weighted by Crippen LogP contribution is 2.21. The molecule has 0 aliphatic carbocycles. The van der Waals surface area contributed by atoms with E-state index in [-0.39, 0.29) is 5.82 Å². The summed E-state index contributed by atoms with van der Waals surface area (Å²) in [5.41, 5.74) is 1.33. The van der Waals surface area contributed by atoms with Crippen molar-refractivity contribution in [1.29, 1.82) is 0 Å². The fourth-order valence-corrected chi connectivity index (χ4v) is 1.75. The summed E-state index contributed by atoms with van der Waals surface area (Å²) < 4.78 is 14.1. The van der Waals surface area contributed by atoms with E-state index >= 15 is 0 Å². The maximum absolute atomic E-state index is 13.2. The summed E-state index contributed by atoms with van der Waals surface area (Å²) in [6.45, 7) is 1.88. The van der Waals surface area contributed by atoms with Gasteiger partial charge in [0.25, 0.3) is 0 Å². The molecule has 0 spiro atoms. The average molecular weight is 276 g/mol. The van der Waals surface area contributed by atoms with E-state index in [9.17, 15) is 4.39 Å². The molecule has 1 aromatic heterocycles. The molecular formula is C8H6FIN2. The van der Waals surface area contributed by atoms with Gasteiger partial charge in [-0.2, -0.15) is 5.10 Å². The van der Waals surface area contributed by atoms with Crippen molar-refractivity contribution in [3.63, 3.8) is 0 Å². The minimum Gasteiger partial charge on any atom is -0.282 e. The smallest absolute Gasteiger partial charge is 0.152 e. The van der Waals surface area contributed by atoms with Gasteiger partial charge in [-0.3, -0.25) is 5.10 Å². The number of aromatic amines is 1.